The Hall–Kier alpha value is -0.910. The molecule has 1 atom stereocenters. The van der Waals surface area contributed by atoms with Crippen LogP contribution in [0.5, 0.6) is 0 Å². The Balaban J connectivity index is 1.58. The minimum atomic E-state index is -3.35. The first kappa shape index (κ1) is 18.9. The molecule has 1 aromatic rings. The molecule has 0 bridgehead atoms. The van der Waals surface area contributed by atoms with Gasteiger partial charge in [-0.15, -0.1) is 0 Å². The van der Waals surface area contributed by atoms with Gasteiger partial charge in [0, 0.05) is 26.2 Å². The first-order chi connectivity index (χ1) is 11.9. The van der Waals surface area contributed by atoms with Gasteiger partial charge in [-0.2, -0.15) is 4.31 Å². The summed E-state index contributed by atoms with van der Waals surface area (Å²) in [5.74, 6) is 1.44. The third kappa shape index (κ3) is 4.44. The van der Waals surface area contributed by atoms with E-state index in [9.17, 15) is 8.42 Å². The molecular weight excluding hydrogens is 332 g/mol. The standard InChI is InChI=1S/C20H32N2O2S/c1-16-5-4-10-21(14-16)15-19-8-11-22(12-9-19)25(23,24)20-7-6-17(2)18(3)13-20/h6-7,13,16,19H,4-5,8-12,14-15H2,1-3H3/t16-/m0/s1. The highest BCUT2D eigenvalue weighted by Gasteiger charge is 2.30. The van der Waals surface area contributed by atoms with Gasteiger partial charge in [0.2, 0.25) is 10.0 Å². The van der Waals surface area contributed by atoms with Crippen LogP contribution < -0.4 is 0 Å². The van der Waals surface area contributed by atoms with Gasteiger partial charge in [0.1, 0.15) is 0 Å². The Labute approximate surface area is 153 Å². The van der Waals surface area contributed by atoms with Crippen LogP contribution in [-0.2, 0) is 10.0 Å². The van der Waals surface area contributed by atoms with Crippen molar-refractivity contribution in [3.8, 4) is 0 Å². The molecule has 140 valence electrons. The van der Waals surface area contributed by atoms with Crippen LogP contribution in [0.25, 0.3) is 0 Å². The van der Waals surface area contributed by atoms with E-state index in [-0.39, 0.29) is 0 Å². The topological polar surface area (TPSA) is 40.6 Å². The van der Waals surface area contributed by atoms with E-state index in [0.717, 1.165) is 36.4 Å². The Kier molecular flexibility index (Phi) is 5.86. The van der Waals surface area contributed by atoms with Crippen molar-refractivity contribution in [1.29, 1.82) is 0 Å². The van der Waals surface area contributed by atoms with Crippen LogP contribution in [0.4, 0.5) is 0 Å². The molecule has 0 saturated carbocycles. The summed E-state index contributed by atoms with van der Waals surface area (Å²) in [5.41, 5.74) is 2.17. The number of aryl methyl sites for hydroxylation is 2. The quantitative estimate of drug-likeness (QED) is 0.822. The van der Waals surface area contributed by atoms with Gasteiger partial charge in [0.15, 0.2) is 0 Å². The van der Waals surface area contributed by atoms with Gasteiger partial charge < -0.3 is 4.90 Å². The molecule has 2 aliphatic heterocycles. The molecule has 2 heterocycles. The fraction of sp³-hybridized carbons (Fsp3) is 0.700. The maximum absolute atomic E-state index is 12.9. The molecule has 3 rings (SSSR count). The molecule has 0 aliphatic carbocycles. The van der Waals surface area contributed by atoms with E-state index in [1.54, 1.807) is 10.4 Å². The molecule has 0 N–H and O–H groups in total. The molecule has 1 aromatic carbocycles. The summed E-state index contributed by atoms with van der Waals surface area (Å²) in [6, 6.07) is 5.47. The van der Waals surface area contributed by atoms with Crippen LogP contribution in [0.2, 0.25) is 0 Å². The number of benzene rings is 1. The summed E-state index contributed by atoms with van der Waals surface area (Å²) in [6.45, 7) is 11.2. The summed E-state index contributed by atoms with van der Waals surface area (Å²) < 4.78 is 27.5. The maximum Gasteiger partial charge on any atom is 0.243 e. The van der Waals surface area contributed by atoms with E-state index in [0.29, 0.717) is 23.9 Å². The number of rotatable bonds is 4. The number of hydrogen-bond donors (Lipinski definition) is 0. The number of sulfonamides is 1. The van der Waals surface area contributed by atoms with Crippen LogP contribution in [0.15, 0.2) is 23.1 Å². The van der Waals surface area contributed by atoms with E-state index in [2.05, 4.69) is 11.8 Å². The van der Waals surface area contributed by atoms with E-state index in [1.165, 1.54) is 25.9 Å². The van der Waals surface area contributed by atoms with Gasteiger partial charge in [-0.1, -0.05) is 13.0 Å². The summed E-state index contributed by atoms with van der Waals surface area (Å²) in [4.78, 5) is 3.03. The van der Waals surface area contributed by atoms with Crippen LogP contribution in [0.1, 0.15) is 43.7 Å². The summed E-state index contributed by atoms with van der Waals surface area (Å²) in [5, 5.41) is 0. The van der Waals surface area contributed by atoms with Gasteiger partial charge in [0.05, 0.1) is 4.90 Å². The van der Waals surface area contributed by atoms with E-state index in [1.807, 2.05) is 26.0 Å². The number of hydrogen-bond acceptors (Lipinski definition) is 3. The zero-order valence-corrected chi connectivity index (χ0v) is 16.7. The zero-order chi connectivity index (χ0) is 18.0. The molecule has 0 radical (unpaired) electrons. The first-order valence-corrected chi connectivity index (χ1v) is 11.1. The summed E-state index contributed by atoms with van der Waals surface area (Å²) in [6.07, 6.45) is 4.62. The lowest BCUT2D eigenvalue weighted by atomic mass is 9.94. The van der Waals surface area contributed by atoms with Gasteiger partial charge >= 0.3 is 0 Å². The van der Waals surface area contributed by atoms with E-state index >= 15 is 0 Å². The molecule has 4 nitrogen and oxygen atoms in total. The lowest BCUT2D eigenvalue weighted by Crippen LogP contribution is -2.43. The normalized spacial score (nSPS) is 24.5. The van der Waals surface area contributed by atoms with Crippen LogP contribution >= 0.6 is 0 Å². The first-order valence-electron chi connectivity index (χ1n) is 9.66. The van der Waals surface area contributed by atoms with Gasteiger partial charge in [0.25, 0.3) is 0 Å². The second kappa shape index (κ2) is 7.77. The molecule has 2 saturated heterocycles. The van der Waals surface area contributed by atoms with Crippen molar-refractivity contribution in [3.63, 3.8) is 0 Å². The summed E-state index contributed by atoms with van der Waals surface area (Å²) >= 11 is 0. The lowest BCUT2D eigenvalue weighted by Gasteiger charge is -2.37. The highest BCUT2D eigenvalue weighted by atomic mass is 32.2. The molecule has 2 fully saturated rings. The molecular formula is C20H32N2O2S. The Morgan fingerprint density at radius 2 is 1.76 bits per heavy atom. The van der Waals surface area contributed by atoms with Gasteiger partial charge in [-0.25, -0.2) is 8.42 Å². The second-order valence-electron chi connectivity index (χ2n) is 8.10. The van der Waals surface area contributed by atoms with Crippen LogP contribution in [0, 0.1) is 25.7 Å². The third-order valence-electron chi connectivity index (χ3n) is 5.95. The number of likely N-dealkylation sites (tertiary alicyclic amines) is 1. The maximum atomic E-state index is 12.9. The minimum Gasteiger partial charge on any atom is -0.303 e. The van der Waals surface area contributed by atoms with Crippen molar-refractivity contribution in [3.05, 3.63) is 29.3 Å². The fourth-order valence-electron chi connectivity index (χ4n) is 4.17. The van der Waals surface area contributed by atoms with E-state index in [4.69, 9.17) is 0 Å². The van der Waals surface area contributed by atoms with Gasteiger partial charge in [-0.05, 0) is 81.2 Å². The summed E-state index contributed by atoms with van der Waals surface area (Å²) in [7, 11) is -3.35. The SMILES string of the molecule is Cc1ccc(S(=O)(=O)N2CCC(CN3CCC[C@H](C)C3)CC2)cc1C. The average molecular weight is 365 g/mol. The predicted molar refractivity (Wildman–Crippen MR) is 102 cm³/mol. The van der Waals surface area contributed by atoms with Crippen LogP contribution in [0.3, 0.4) is 0 Å². The number of nitrogens with zero attached hydrogens (tertiary/aromatic N) is 2. The van der Waals surface area contributed by atoms with Crippen molar-refractivity contribution < 1.29 is 8.42 Å². The smallest absolute Gasteiger partial charge is 0.243 e. The molecule has 25 heavy (non-hydrogen) atoms. The highest BCUT2D eigenvalue weighted by molar-refractivity contribution is 7.89. The fourth-order valence-corrected chi connectivity index (χ4v) is 5.73. The minimum absolute atomic E-state index is 0.443. The lowest BCUT2D eigenvalue weighted by molar-refractivity contribution is 0.136. The number of piperidine rings is 2. The van der Waals surface area contributed by atoms with Crippen LogP contribution in [-0.4, -0.2) is 50.3 Å². The van der Waals surface area contributed by atoms with E-state index < -0.39 is 10.0 Å². The Morgan fingerprint density at radius 1 is 1.04 bits per heavy atom. The molecule has 0 spiro atoms. The molecule has 0 unspecified atom stereocenters. The molecule has 0 aromatic heterocycles. The zero-order valence-electron chi connectivity index (χ0n) is 15.9. The largest absolute Gasteiger partial charge is 0.303 e. The van der Waals surface area contributed by atoms with Crippen molar-refractivity contribution in [1.82, 2.24) is 9.21 Å². The molecule has 2 aliphatic rings. The second-order valence-corrected chi connectivity index (χ2v) is 10.0. The van der Waals surface area contributed by atoms with Crippen molar-refractivity contribution in [2.24, 2.45) is 11.8 Å². The highest BCUT2D eigenvalue weighted by Crippen LogP contribution is 2.26. The molecule has 0 amide bonds. The average Bonchev–Trinajstić information content (AvgIpc) is 2.58. The van der Waals surface area contributed by atoms with Gasteiger partial charge in [-0.3, -0.25) is 0 Å². The van der Waals surface area contributed by atoms with Crippen molar-refractivity contribution in [2.75, 3.05) is 32.7 Å². The Bertz CT molecular complexity index is 694. The monoisotopic (exact) mass is 364 g/mol. The third-order valence-corrected chi connectivity index (χ3v) is 7.84. The molecule has 5 heteroatoms. The predicted octanol–water partition coefficient (Wildman–Crippen LogP) is 3.44. The van der Waals surface area contributed by atoms with Crippen molar-refractivity contribution in [2.45, 2.75) is 51.3 Å². The van der Waals surface area contributed by atoms with Crippen molar-refractivity contribution >= 4 is 10.0 Å². The Morgan fingerprint density at radius 3 is 2.40 bits per heavy atom.